The van der Waals surface area contributed by atoms with Crippen LogP contribution in [-0.2, 0) is 4.79 Å². The summed E-state index contributed by atoms with van der Waals surface area (Å²) in [5.41, 5.74) is 2.66. The Hall–Kier alpha value is -4.01. The van der Waals surface area contributed by atoms with Crippen molar-refractivity contribution in [3.63, 3.8) is 0 Å². The molecule has 0 bridgehead atoms. The number of carbonyl (C=O) groups is 2. The molecule has 0 saturated heterocycles. The topological polar surface area (TPSA) is 113 Å². The number of aliphatic carboxylic acids is 1. The third-order valence-corrected chi connectivity index (χ3v) is 5.12. The molecule has 2 aromatic carbocycles. The zero-order valence-electron chi connectivity index (χ0n) is 19.0. The zero-order chi connectivity index (χ0) is 24.5. The number of anilines is 1. The van der Waals surface area contributed by atoms with Crippen molar-refractivity contribution >= 4 is 17.6 Å². The van der Waals surface area contributed by atoms with Crippen LogP contribution in [0.5, 0.6) is 5.88 Å². The van der Waals surface area contributed by atoms with Crippen LogP contribution in [-0.4, -0.2) is 46.4 Å². The molecule has 1 aromatic heterocycles. The van der Waals surface area contributed by atoms with Crippen molar-refractivity contribution in [3.8, 4) is 17.1 Å². The van der Waals surface area contributed by atoms with Gasteiger partial charge in [-0.25, -0.2) is 4.39 Å². The molecule has 9 heteroatoms. The molecule has 0 fully saturated rings. The monoisotopic (exact) mass is 466 g/mol. The second kappa shape index (κ2) is 11.7. The van der Waals surface area contributed by atoms with E-state index in [9.17, 15) is 14.0 Å². The summed E-state index contributed by atoms with van der Waals surface area (Å²) in [7, 11) is 0. The highest BCUT2D eigenvalue weighted by Crippen LogP contribution is 2.19. The molecule has 1 heterocycles. The minimum atomic E-state index is -0.961. The number of halogens is 1. The molecule has 1 atom stereocenters. The number of nitrogens with one attached hydrogen (secondary N) is 2. The predicted molar refractivity (Wildman–Crippen MR) is 126 cm³/mol. The van der Waals surface area contributed by atoms with Crippen LogP contribution >= 0.6 is 0 Å². The highest BCUT2D eigenvalue weighted by Gasteiger charge is 2.15. The van der Waals surface area contributed by atoms with Crippen molar-refractivity contribution in [3.05, 3.63) is 72.0 Å². The van der Waals surface area contributed by atoms with Gasteiger partial charge in [-0.15, -0.1) is 10.2 Å². The number of hydrogen-bond acceptors (Lipinski definition) is 6. The fraction of sp³-hybridized carbons (Fsp3) is 0.280. The summed E-state index contributed by atoms with van der Waals surface area (Å²) in [6.07, 6.45) is -0.124. The molecule has 1 unspecified atom stereocenters. The van der Waals surface area contributed by atoms with Crippen LogP contribution in [0.2, 0.25) is 0 Å². The number of aromatic nitrogens is 2. The van der Waals surface area contributed by atoms with E-state index in [2.05, 4.69) is 34.7 Å². The summed E-state index contributed by atoms with van der Waals surface area (Å²) >= 11 is 0. The summed E-state index contributed by atoms with van der Waals surface area (Å²) in [6, 6.07) is 16.4. The number of carbonyl (C=O) groups excluding carboxylic acids is 1. The average molecular weight is 467 g/mol. The van der Waals surface area contributed by atoms with Gasteiger partial charge < -0.3 is 20.5 Å². The molecular weight excluding hydrogens is 439 g/mol. The molecule has 0 radical (unpaired) electrons. The van der Waals surface area contributed by atoms with Crippen molar-refractivity contribution in [1.29, 1.82) is 0 Å². The molecule has 34 heavy (non-hydrogen) atoms. The summed E-state index contributed by atoms with van der Waals surface area (Å²) in [6.45, 7) is 4.55. The molecule has 0 spiro atoms. The first-order valence-corrected chi connectivity index (χ1v) is 10.9. The second-order valence-electron chi connectivity index (χ2n) is 8.05. The van der Waals surface area contributed by atoms with E-state index in [4.69, 9.17) is 9.84 Å². The Balaban J connectivity index is 1.54. The minimum absolute atomic E-state index is 0.0335. The van der Waals surface area contributed by atoms with E-state index in [-0.39, 0.29) is 36.6 Å². The lowest BCUT2D eigenvalue weighted by molar-refractivity contribution is -0.136. The molecule has 1 amide bonds. The summed E-state index contributed by atoms with van der Waals surface area (Å²) < 4.78 is 18.9. The fourth-order valence-electron chi connectivity index (χ4n) is 3.06. The number of amides is 1. The van der Waals surface area contributed by atoms with Gasteiger partial charge in [0.15, 0.2) is 0 Å². The summed E-state index contributed by atoms with van der Waals surface area (Å²) in [4.78, 5) is 22.6. The number of hydrogen-bond donors (Lipinski definition) is 3. The van der Waals surface area contributed by atoms with Crippen molar-refractivity contribution in [2.75, 3.05) is 18.5 Å². The van der Waals surface area contributed by atoms with Gasteiger partial charge in [-0.05, 0) is 60.5 Å². The van der Waals surface area contributed by atoms with Crippen LogP contribution in [0.4, 0.5) is 10.1 Å². The molecule has 3 N–H and O–H groups in total. The number of rotatable bonds is 11. The lowest BCUT2D eigenvalue weighted by Crippen LogP contribution is -2.32. The van der Waals surface area contributed by atoms with Gasteiger partial charge in [0.25, 0.3) is 5.91 Å². The zero-order valence-corrected chi connectivity index (χ0v) is 19.0. The highest BCUT2D eigenvalue weighted by molar-refractivity contribution is 5.94. The average Bonchev–Trinajstić information content (AvgIpc) is 2.82. The Kier molecular flexibility index (Phi) is 8.50. The maximum Gasteiger partial charge on any atom is 0.305 e. The van der Waals surface area contributed by atoms with E-state index in [0.717, 1.165) is 11.3 Å². The molecule has 178 valence electrons. The first kappa shape index (κ1) is 24.6. The lowest BCUT2D eigenvalue weighted by Gasteiger charge is -2.23. The van der Waals surface area contributed by atoms with Gasteiger partial charge in [0.2, 0.25) is 5.88 Å². The third-order valence-electron chi connectivity index (χ3n) is 5.12. The van der Waals surface area contributed by atoms with Gasteiger partial charge in [-0.1, -0.05) is 13.8 Å². The molecule has 0 aliphatic rings. The molecule has 0 saturated carbocycles. The maximum absolute atomic E-state index is 13.1. The first-order valence-electron chi connectivity index (χ1n) is 10.9. The standard InChI is InChI=1S/C25H27FN4O4/c1-16(2)22(28-20-9-5-18(6-10-20)25(33)27-14-13-24(31)32)15-34-23-12-11-21(29-30-23)17-3-7-19(26)8-4-17/h3-12,16,22,28H,13-15H2,1-2H3,(H,27,33)(H,31,32). The number of carboxylic acid groups (broad SMARTS) is 1. The first-order chi connectivity index (χ1) is 16.3. The Bertz CT molecular complexity index is 1090. The van der Waals surface area contributed by atoms with E-state index >= 15 is 0 Å². The van der Waals surface area contributed by atoms with Crippen molar-refractivity contribution in [2.24, 2.45) is 5.92 Å². The predicted octanol–water partition coefficient (Wildman–Crippen LogP) is 4.00. The van der Waals surface area contributed by atoms with E-state index in [1.165, 1.54) is 12.1 Å². The fourth-order valence-corrected chi connectivity index (χ4v) is 3.06. The quantitative estimate of drug-likeness (QED) is 0.391. The van der Waals surface area contributed by atoms with Crippen LogP contribution in [0.25, 0.3) is 11.3 Å². The number of ether oxygens (including phenoxy) is 1. The molecule has 8 nitrogen and oxygen atoms in total. The Labute approximate surface area is 197 Å². The number of benzene rings is 2. The largest absolute Gasteiger partial charge is 0.481 e. The van der Waals surface area contributed by atoms with Crippen LogP contribution < -0.4 is 15.4 Å². The minimum Gasteiger partial charge on any atom is -0.481 e. The second-order valence-corrected chi connectivity index (χ2v) is 8.05. The Morgan fingerprint density at radius 3 is 2.29 bits per heavy atom. The Morgan fingerprint density at radius 2 is 1.71 bits per heavy atom. The third kappa shape index (κ3) is 7.26. The molecule has 3 aromatic rings. The summed E-state index contributed by atoms with van der Waals surface area (Å²) in [5.74, 6) is -0.967. The van der Waals surface area contributed by atoms with Crippen LogP contribution in [0.15, 0.2) is 60.7 Å². The molecular formula is C25H27FN4O4. The van der Waals surface area contributed by atoms with E-state index in [0.29, 0.717) is 23.7 Å². The van der Waals surface area contributed by atoms with E-state index < -0.39 is 5.97 Å². The van der Waals surface area contributed by atoms with Crippen molar-refractivity contribution < 1.29 is 23.8 Å². The van der Waals surface area contributed by atoms with Crippen LogP contribution in [0.3, 0.4) is 0 Å². The highest BCUT2D eigenvalue weighted by atomic mass is 19.1. The van der Waals surface area contributed by atoms with Crippen LogP contribution in [0.1, 0.15) is 30.6 Å². The van der Waals surface area contributed by atoms with Gasteiger partial charge in [-0.2, -0.15) is 0 Å². The maximum atomic E-state index is 13.1. The normalized spacial score (nSPS) is 11.6. The number of carboxylic acids is 1. The van der Waals surface area contributed by atoms with Crippen LogP contribution in [0, 0.1) is 11.7 Å². The summed E-state index contributed by atoms with van der Waals surface area (Å²) in [5, 5.41) is 22.9. The van der Waals surface area contributed by atoms with Crippen molar-refractivity contribution in [2.45, 2.75) is 26.3 Å². The van der Waals surface area contributed by atoms with Gasteiger partial charge in [-0.3, -0.25) is 9.59 Å². The van der Waals surface area contributed by atoms with E-state index in [1.54, 1.807) is 48.5 Å². The van der Waals surface area contributed by atoms with Gasteiger partial charge in [0, 0.05) is 29.4 Å². The van der Waals surface area contributed by atoms with Gasteiger partial charge >= 0.3 is 5.97 Å². The van der Waals surface area contributed by atoms with Gasteiger partial charge in [0.1, 0.15) is 12.4 Å². The molecule has 0 aliphatic carbocycles. The molecule has 0 aliphatic heterocycles. The van der Waals surface area contributed by atoms with E-state index in [1.807, 2.05) is 0 Å². The number of nitrogens with zero attached hydrogens (tertiary/aromatic N) is 2. The Morgan fingerprint density at radius 1 is 1.00 bits per heavy atom. The SMILES string of the molecule is CC(C)C(COc1ccc(-c2ccc(F)cc2)nn1)Nc1ccc(C(=O)NCCC(=O)O)cc1. The smallest absolute Gasteiger partial charge is 0.305 e. The van der Waals surface area contributed by atoms with Gasteiger partial charge in [0.05, 0.1) is 18.2 Å². The lowest BCUT2D eigenvalue weighted by atomic mass is 10.0. The molecule has 3 rings (SSSR count). The van der Waals surface area contributed by atoms with Crippen molar-refractivity contribution in [1.82, 2.24) is 15.5 Å².